The summed E-state index contributed by atoms with van der Waals surface area (Å²) in [6.45, 7) is 2.58. The maximum atomic E-state index is 11.4. The number of carbonyl (C=O) groups excluding carboxylic acids is 1. The molecule has 1 heterocycles. The molecule has 0 aliphatic rings. The van der Waals surface area contributed by atoms with Crippen molar-refractivity contribution in [3.63, 3.8) is 0 Å². The van der Waals surface area contributed by atoms with Crippen molar-refractivity contribution in [2.45, 2.75) is 13.3 Å². The monoisotopic (exact) mass is 294 g/mol. The van der Waals surface area contributed by atoms with Gasteiger partial charge in [-0.25, -0.2) is 9.89 Å². The third-order valence-corrected chi connectivity index (χ3v) is 2.61. The molecule has 0 fully saturated rings. The first kappa shape index (κ1) is 14.1. The number of amides is 2. The van der Waals surface area contributed by atoms with Crippen LogP contribution in [0, 0.1) is 0 Å². The average molecular weight is 295 g/mol. The van der Waals surface area contributed by atoms with Crippen LogP contribution in [0.25, 0.3) is 0 Å². The number of aromatic amines is 1. The van der Waals surface area contributed by atoms with E-state index in [0.717, 1.165) is 12.1 Å². The number of aromatic nitrogens is 3. The summed E-state index contributed by atoms with van der Waals surface area (Å²) in [6.07, 6.45) is 0.866. The van der Waals surface area contributed by atoms with Crippen LogP contribution in [0.1, 0.15) is 13.3 Å². The minimum atomic E-state index is -0.330. The average Bonchev–Trinajstić information content (AvgIpc) is 2.86. The Hall–Kier alpha value is -2.28. The van der Waals surface area contributed by atoms with E-state index < -0.39 is 0 Å². The second-order valence-electron chi connectivity index (χ2n) is 4.02. The lowest BCUT2D eigenvalue weighted by Gasteiger charge is -2.02. The Labute approximate surface area is 121 Å². The zero-order chi connectivity index (χ0) is 14.4. The lowest BCUT2D eigenvalue weighted by molar-refractivity contribution is 0.252. The van der Waals surface area contributed by atoms with Crippen LogP contribution < -0.4 is 16.0 Å². The summed E-state index contributed by atoms with van der Waals surface area (Å²) in [4.78, 5) is 15.5. The van der Waals surface area contributed by atoms with Crippen LogP contribution in [0.15, 0.2) is 24.3 Å². The fourth-order valence-corrected chi connectivity index (χ4v) is 1.55. The van der Waals surface area contributed by atoms with Gasteiger partial charge in [-0.2, -0.15) is 4.98 Å². The standard InChI is InChI=1S/C12H15ClN6O/c1-2-7-14-12(20)17-11-16-10(18-19-11)15-9-5-3-8(13)4-6-9/h3-6H,2,7H2,1H3,(H4,14,15,16,17,18,19,20). The third kappa shape index (κ3) is 4.13. The van der Waals surface area contributed by atoms with Gasteiger partial charge in [-0.05, 0) is 30.7 Å². The van der Waals surface area contributed by atoms with Crippen LogP contribution in [-0.2, 0) is 0 Å². The van der Waals surface area contributed by atoms with E-state index in [1.54, 1.807) is 12.1 Å². The molecule has 2 amide bonds. The minimum Gasteiger partial charge on any atom is -0.338 e. The second-order valence-corrected chi connectivity index (χ2v) is 4.46. The zero-order valence-electron chi connectivity index (χ0n) is 10.9. The first-order valence-corrected chi connectivity index (χ1v) is 6.55. The molecule has 106 valence electrons. The highest BCUT2D eigenvalue weighted by molar-refractivity contribution is 6.30. The highest BCUT2D eigenvalue weighted by Crippen LogP contribution is 2.16. The molecule has 2 aromatic rings. The largest absolute Gasteiger partial charge is 0.338 e. The fourth-order valence-electron chi connectivity index (χ4n) is 1.43. The molecule has 0 saturated heterocycles. The second kappa shape index (κ2) is 6.76. The Balaban J connectivity index is 1.91. The van der Waals surface area contributed by atoms with E-state index >= 15 is 0 Å². The molecule has 0 bridgehead atoms. The molecule has 0 unspecified atom stereocenters. The molecular weight excluding hydrogens is 280 g/mol. The topological polar surface area (TPSA) is 94.7 Å². The van der Waals surface area contributed by atoms with Crippen LogP contribution in [0.4, 0.5) is 22.4 Å². The summed E-state index contributed by atoms with van der Waals surface area (Å²) in [5.41, 5.74) is 0.813. The van der Waals surface area contributed by atoms with Gasteiger partial charge in [0.05, 0.1) is 0 Å². The summed E-state index contributed by atoms with van der Waals surface area (Å²) in [6, 6.07) is 6.82. The van der Waals surface area contributed by atoms with Crippen LogP contribution in [0.3, 0.4) is 0 Å². The van der Waals surface area contributed by atoms with E-state index in [4.69, 9.17) is 11.6 Å². The minimum absolute atomic E-state index is 0.204. The number of nitrogens with zero attached hydrogens (tertiary/aromatic N) is 2. The quantitative estimate of drug-likeness (QED) is 0.682. The molecule has 0 radical (unpaired) electrons. The number of H-pyrrole nitrogens is 1. The van der Waals surface area contributed by atoms with Gasteiger partial charge in [-0.1, -0.05) is 18.5 Å². The summed E-state index contributed by atoms with van der Waals surface area (Å²) in [5, 5.41) is 15.4. The number of urea groups is 1. The summed E-state index contributed by atoms with van der Waals surface area (Å²) < 4.78 is 0. The number of halogens is 1. The Morgan fingerprint density at radius 2 is 2.10 bits per heavy atom. The van der Waals surface area contributed by atoms with Crippen molar-refractivity contribution in [2.75, 3.05) is 17.2 Å². The van der Waals surface area contributed by atoms with Crippen molar-refractivity contribution in [1.82, 2.24) is 20.5 Å². The van der Waals surface area contributed by atoms with Crippen molar-refractivity contribution in [2.24, 2.45) is 0 Å². The maximum absolute atomic E-state index is 11.4. The summed E-state index contributed by atoms with van der Waals surface area (Å²) in [7, 11) is 0. The van der Waals surface area contributed by atoms with E-state index in [1.807, 2.05) is 19.1 Å². The van der Waals surface area contributed by atoms with E-state index in [2.05, 4.69) is 31.1 Å². The van der Waals surface area contributed by atoms with Crippen LogP contribution in [-0.4, -0.2) is 27.8 Å². The van der Waals surface area contributed by atoms with Gasteiger partial charge in [0.1, 0.15) is 0 Å². The van der Waals surface area contributed by atoms with Gasteiger partial charge in [0, 0.05) is 17.3 Å². The van der Waals surface area contributed by atoms with Crippen molar-refractivity contribution in [3.8, 4) is 0 Å². The Kier molecular flexibility index (Phi) is 4.78. The van der Waals surface area contributed by atoms with Gasteiger partial charge in [0.25, 0.3) is 5.95 Å². The predicted octanol–water partition coefficient (Wildman–Crippen LogP) is 2.73. The zero-order valence-corrected chi connectivity index (χ0v) is 11.7. The maximum Gasteiger partial charge on any atom is 0.321 e. The van der Waals surface area contributed by atoms with E-state index in [9.17, 15) is 4.79 Å². The van der Waals surface area contributed by atoms with E-state index in [1.165, 1.54) is 0 Å². The Morgan fingerprint density at radius 3 is 2.80 bits per heavy atom. The molecule has 20 heavy (non-hydrogen) atoms. The van der Waals surface area contributed by atoms with Crippen LogP contribution in [0.2, 0.25) is 5.02 Å². The van der Waals surface area contributed by atoms with Gasteiger partial charge in [0.2, 0.25) is 5.95 Å². The van der Waals surface area contributed by atoms with Crippen molar-refractivity contribution in [1.29, 1.82) is 0 Å². The van der Waals surface area contributed by atoms with Crippen LogP contribution in [0.5, 0.6) is 0 Å². The molecule has 7 nitrogen and oxygen atoms in total. The first-order chi connectivity index (χ1) is 9.67. The Bertz CT molecular complexity index is 568. The smallest absolute Gasteiger partial charge is 0.321 e. The predicted molar refractivity (Wildman–Crippen MR) is 78.4 cm³/mol. The lowest BCUT2D eigenvalue weighted by Crippen LogP contribution is -2.29. The van der Waals surface area contributed by atoms with Crippen molar-refractivity contribution >= 4 is 35.2 Å². The molecule has 1 aromatic heterocycles. The normalized spacial score (nSPS) is 10.1. The molecule has 0 atom stereocenters. The van der Waals surface area contributed by atoms with Crippen molar-refractivity contribution < 1.29 is 4.79 Å². The molecule has 0 saturated carbocycles. The molecule has 1 aromatic carbocycles. The number of hydrogen-bond acceptors (Lipinski definition) is 4. The van der Waals surface area contributed by atoms with Gasteiger partial charge in [-0.3, -0.25) is 5.32 Å². The SMILES string of the molecule is CCCNC(=O)Nc1n[nH]c(Nc2ccc(Cl)cc2)n1. The molecule has 2 rings (SSSR count). The van der Waals surface area contributed by atoms with Gasteiger partial charge in [-0.15, -0.1) is 5.10 Å². The molecule has 0 aliphatic carbocycles. The molecule has 4 N–H and O–H groups in total. The van der Waals surface area contributed by atoms with E-state index in [0.29, 0.717) is 17.5 Å². The number of anilines is 3. The summed E-state index contributed by atoms with van der Waals surface area (Å²) >= 11 is 5.80. The third-order valence-electron chi connectivity index (χ3n) is 2.35. The summed E-state index contributed by atoms with van der Waals surface area (Å²) in [5.74, 6) is 0.633. The highest BCUT2D eigenvalue weighted by Gasteiger charge is 2.06. The molecule has 0 spiro atoms. The van der Waals surface area contributed by atoms with E-state index in [-0.39, 0.29) is 12.0 Å². The van der Waals surface area contributed by atoms with Gasteiger partial charge in [0.15, 0.2) is 0 Å². The molecule has 8 heteroatoms. The molecule has 0 aliphatic heterocycles. The number of nitrogens with one attached hydrogen (secondary N) is 4. The molecular formula is C12H15ClN6O. The number of benzene rings is 1. The highest BCUT2D eigenvalue weighted by atomic mass is 35.5. The number of rotatable bonds is 5. The Morgan fingerprint density at radius 1 is 1.35 bits per heavy atom. The first-order valence-electron chi connectivity index (χ1n) is 6.17. The number of carbonyl (C=O) groups is 1. The van der Waals surface area contributed by atoms with Crippen molar-refractivity contribution in [3.05, 3.63) is 29.3 Å². The number of hydrogen-bond donors (Lipinski definition) is 4. The van der Waals surface area contributed by atoms with Gasteiger partial charge < -0.3 is 10.6 Å². The fraction of sp³-hybridized carbons (Fsp3) is 0.250. The van der Waals surface area contributed by atoms with Crippen LogP contribution >= 0.6 is 11.6 Å². The lowest BCUT2D eigenvalue weighted by atomic mass is 10.3. The van der Waals surface area contributed by atoms with Gasteiger partial charge >= 0.3 is 6.03 Å².